The first kappa shape index (κ1) is 21.5. The molecule has 0 saturated heterocycles. The van der Waals surface area contributed by atoms with E-state index >= 15 is 0 Å². The van der Waals surface area contributed by atoms with E-state index in [0.717, 1.165) is 10.0 Å². The first-order valence-electron chi connectivity index (χ1n) is 8.75. The third-order valence-electron chi connectivity index (χ3n) is 4.06. The maximum atomic E-state index is 12.7. The van der Waals surface area contributed by atoms with Crippen molar-refractivity contribution in [2.24, 2.45) is 5.92 Å². The summed E-state index contributed by atoms with van der Waals surface area (Å²) in [4.78, 5) is 25.0. The van der Waals surface area contributed by atoms with Crippen molar-refractivity contribution in [2.45, 2.75) is 32.8 Å². The molecule has 27 heavy (non-hydrogen) atoms. The Hall–Kier alpha value is -1.85. The molecular weight excluding hydrogens is 430 g/mol. The number of ketones is 1. The van der Waals surface area contributed by atoms with E-state index in [9.17, 15) is 9.59 Å². The minimum atomic E-state index is -0.450. The minimum absolute atomic E-state index is 0.00686. The number of nitrogens with one attached hydrogen (secondary N) is 1. The molecule has 144 valence electrons. The molecule has 0 aliphatic rings. The van der Waals surface area contributed by atoms with Crippen LogP contribution >= 0.6 is 27.5 Å². The highest BCUT2D eigenvalue weighted by Crippen LogP contribution is 2.28. The fraction of sp³-hybridized carbons (Fsp3) is 0.333. The molecule has 0 spiro atoms. The van der Waals surface area contributed by atoms with Crippen molar-refractivity contribution in [3.8, 4) is 5.75 Å². The van der Waals surface area contributed by atoms with Crippen LogP contribution in [0.2, 0.25) is 5.02 Å². The second kappa shape index (κ2) is 9.90. The number of carbonyl (C=O) groups is 2. The molecule has 0 fully saturated rings. The number of amides is 1. The predicted octanol–water partition coefficient (Wildman–Crippen LogP) is 5.07. The highest BCUT2D eigenvalue weighted by atomic mass is 79.9. The van der Waals surface area contributed by atoms with Crippen molar-refractivity contribution in [3.63, 3.8) is 0 Å². The fourth-order valence-electron chi connectivity index (χ4n) is 2.73. The average Bonchev–Trinajstić information content (AvgIpc) is 2.63. The quantitative estimate of drug-likeness (QED) is 0.569. The van der Waals surface area contributed by atoms with Crippen LogP contribution in [0.15, 0.2) is 46.9 Å². The van der Waals surface area contributed by atoms with E-state index in [4.69, 9.17) is 16.3 Å². The smallest absolute Gasteiger partial charge is 0.223 e. The van der Waals surface area contributed by atoms with Gasteiger partial charge in [-0.15, -0.1) is 0 Å². The molecule has 1 amide bonds. The maximum absolute atomic E-state index is 12.7. The summed E-state index contributed by atoms with van der Waals surface area (Å²) in [7, 11) is 1.58. The molecule has 1 N–H and O–H groups in total. The van der Waals surface area contributed by atoms with Gasteiger partial charge in [0.25, 0.3) is 0 Å². The summed E-state index contributed by atoms with van der Waals surface area (Å²) in [5.41, 5.74) is 1.47. The molecule has 2 rings (SSSR count). The lowest BCUT2D eigenvalue weighted by Crippen LogP contribution is -2.30. The molecule has 2 aromatic carbocycles. The molecule has 0 unspecified atom stereocenters. The third kappa shape index (κ3) is 6.36. The highest BCUT2D eigenvalue weighted by molar-refractivity contribution is 9.10. The van der Waals surface area contributed by atoms with Crippen LogP contribution in [0.25, 0.3) is 0 Å². The first-order valence-corrected chi connectivity index (χ1v) is 9.92. The van der Waals surface area contributed by atoms with Crippen LogP contribution in [0.5, 0.6) is 5.75 Å². The van der Waals surface area contributed by atoms with E-state index in [2.05, 4.69) is 21.2 Å². The van der Waals surface area contributed by atoms with Gasteiger partial charge < -0.3 is 10.1 Å². The standard InChI is InChI=1S/C21H23BrClNO3/c1-13(2)27-20-9-6-15(11-18(20)23)19(25)12-16(21(26)24-3)10-14-4-7-17(22)8-5-14/h4-9,11,13,16H,10,12H2,1-3H3,(H,24,26)/t16-/m1/s1. The Morgan fingerprint density at radius 1 is 1.15 bits per heavy atom. The summed E-state index contributed by atoms with van der Waals surface area (Å²) in [5.74, 6) is -0.189. The fourth-order valence-corrected chi connectivity index (χ4v) is 3.22. The SMILES string of the molecule is CNC(=O)[C@@H](CC(=O)c1ccc(OC(C)C)c(Cl)c1)Cc1ccc(Br)cc1. The topological polar surface area (TPSA) is 55.4 Å². The Kier molecular flexibility index (Phi) is 7.87. The van der Waals surface area contributed by atoms with Crippen LogP contribution in [0.4, 0.5) is 0 Å². The Labute approximate surface area is 173 Å². The second-order valence-electron chi connectivity index (χ2n) is 6.58. The highest BCUT2D eigenvalue weighted by Gasteiger charge is 2.23. The van der Waals surface area contributed by atoms with Gasteiger partial charge in [0.1, 0.15) is 5.75 Å². The summed E-state index contributed by atoms with van der Waals surface area (Å²) in [6.07, 6.45) is 0.588. The summed E-state index contributed by atoms with van der Waals surface area (Å²) in [6, 6.07) is 12.7. The number of hydrogen-bond acceptors (Lipinski definition) is 3. The van der Waals surface area contributed by atoms with Crippen molar-refractivity contribution in [3.05, 3.63) is 63.1 Å². The molecule has 1 atom stereocenters. The normalized spacial score (nSPS) is 11.9. The molecule has 0 saturated carbocycles. The molecule has 0 heterocycles. The molecule has 6 heteroatoms. The van der Waals surface area contributed by atoms with Crippen molar-refractivity contribution >= 4 is 39.2 Å². The molecule has 0 aliphatic heterocycles. The monoisotopic (exact) mass is 451 g/mol. The van der Waals surface area contributed by atoms with Crippen LogP contribution in [0, 0.1) is 5.92 Å². The summed E-state index contributed by atoms with van der Waals surface area (Å²) >= 11 is 9.62. The van der Waals surface area contributed by atoms with E-state index in [1.54, 1.807) is 25.2 Å². The minimum Gasteiger partial charge on any atom is -0.489 e. The van der Waals surface area contributed by atoms with Crippen LogP contribution in [-0.2, 0) is 11.2 Å². The Morgan fingerprint density at radius 2 is 1.81 bits per heavy atom. The number of halogens is 2. The van der Waals surface area contributed by atoms with E-state index < -0.39 is 5.92 Å². The van der Waals surface area contributed by atoms with Crippen LogP contribution in [0.1, 0.15) is 36.2 Å². The molecule has 0 aromatic heterocycles. The van der Waals surface area contributed by atoms with Gasteiger partial charge in [0, 0.05) is 29.4 Å². The van der Waals surface area contributed by atoms with E-state index in [1.807, 2.05) is 38.1 Å². The summed E-state index contributed by atoms with van der Waals surface area (Å²) < 4.78 is 6.56. The van der Waals surface area contributed by atoms with Gasteiger partial charge in [-0.2, -0.15) is 0 Å². The lowest BCUT2D eigenvalue weighted by Gasteiger charge is -2.16. The number of carbonyl (C=O) groups excluding carboxylic acids is 2. The number of ether oxygens (including phenoxy) is 1. The van der Waals surface area contributed by atoms with Crippen LogP contribution in [-0.4, -0.2) is 24.8 Å². The van der Waals surface area contributed by atoms with Crippen LogP contribution in [0.3, 0.4) is 0 Å². The van der Waals surface area contributed by atoms with E-state index in [1.165, 1.54) is 0 Å². The number of rotatable bonds is 8. The maximum Gasteiger partial charge on any atom is 0.223 e. The molecular formula is C21H23BrClNO3. The Balaban J connectivity index is 2.14. The Bertz CT molecular complexity index is 806. The van der Waals surface area contributed by atoms with Gasteiger partial charge in [-0.1, -0.05) is 39.7 Å². The average molecular weight is 453 g/mol. The first-order chi connectivity index (χ1) is 12.8. The van der Waals surface area contributed by atoms with Gasteiger partial charge in [-0.3, -0.25) is 9.59 Å². The van der Waals surface area contributed by atoms with Crippen LogP contribution < -0.4 is 10.1 Å². The van der Waals surface area contributed by atoms with Crippen molar-refractivity contribution in [1.29, 1.82) is 0 Å². The van der Waals surface area contributed by atoms with Gasteiger partial charge >= 0.3 is 0 Å². The zero-order chi connectivity index (χ0) is 20.0. The predicted molar refractivity (Wildman–Crippen MR) is 112 cm³/mol. The van der Waals surface area contributed by atoms with Crippen molar-refractivity contribution < 1.29 is 14.3 Å². The van der Waals surface area contributed by atoms with Gasteiger partial charge in [0.2, 0.25) is 5.91 Å². The van der Waals surface area contributed by atoms with E-state index in [-0.39, 0.29) is 24.2 Å². The zero-order valence-corrected chi connectivity index (χ0v) is 17.9. The molecule has 0 aliphatic carbocycles. The lowest BCUT2D eigenvalue weighted by atomic mass is 9.91. The molecule has 0 bridgehead atoms. The van der Waals surface area contributed by atoms with Gasteiger partial charge in [0.05, 0.1) is 11.1 Å². The number of hydrogen-bond donors (Lipinski definition) is 1. The number of Topliss-reactive ketones (excluding diaryl/α,β-unsaturated/α-hetero) is 1. The lowest BCUT2D eigenvalue weighted by molar-refractivity contribution is -0.124. The molecule has 0 radical (unpaired) electrons. The van der Waals surface area contributed by atoms with Crippen molar-refractivity contribution in [2.75, 3.05) is 7.05 Å². The van der Waals surface area contributed by atoms with Gasteiger partial charge in [-0.25, -0.2) is 0 Å². The number of benzene rings is 2. The molecule has 2 aromatic rings. The third-order valence-corrected chi connectivity index (χ3v) is 4.88. The Morgan fingerprint density at radius 3 is 2.37 bits per heavy atom. The summed E-state index contributed by atoms with van der Waals surface area (Å²) in [5, 5.41) is 3.04. The van der Waals surface area contributed by atoms with Gasteiger partial charge in [-0.05, 0) is 56.2 Å². The summed E-state index contributed by atoms with van der Waals surface area (Å²) in [6.45, 7) is 3.82. The second-order valence-corrected chi connectivity index (χ2v) is 7.90. The largest absolute Gasteiger partial charge is 0.489 e. The molecule has 4 nitrogen and oxygen atoms in total. The van der Waals surface area contributed by atoms with Gasteiger partial charge in [0.15, 0.2) is 5.78 Å². The zero-order valence-electron chi connectivity index (χ0n) is 15.6. The van der Waals surface area contributed by atoms with Crippen molar-refractivity contribution in [1.82, 2.24) is 5.32 Å². The van der Waals surface area contributed by atoms with E-state index in [0.29, 0.717) is 22.8 Å².